The Balaban J connectivity index is 1.58. The molecule has 2 aliphatic rings. The molecule has 0 spiro atoms. The molecule has 0 aliphatic heterocycles. The largest absolute Gasteiger partial charge is 0.391 e. The molecule has 0 heterocycles. The van der Waals surface area contributed by atoms with E-state index in [1.165, 1.54) is 12.8 Å². The lowest BCUT2D eigenvalue weighted by Crippen LogP contribution is -2.37. The number of ether oxygens (including phenoxy) is 1. The number of aliphatic hydroxyl groups is 1. The van der Waals surface area contributed by atoms with E-state index in [-0.39, 0.29) is 18.6 Å². The summed E-state index contributed by atoms with van der Waals surface area (Å²) in [6, 6.07) is 0. The molecule has 92 valence electrons. The fraction of sp³-hybridized carbons (Fsp3) is 0.917. The van der Waals surface area contributed by atoms with Crippen molar-refractivity contribution in [1.82, 2.24) is 4.90 Å². The van der Waals surface area contributed by atoms with Crippen LogP contribution in [0.25, 0.3) is 0 Å². The quantitative estimate of drug-likeness (QED) is 0.694. The lowest BCUT2D eigenvalue weighted by Gasteiger charge is -2.20. The average molecular weight is 227 g/mol. The molecule has 2 saturated carbocycles. The van der Waals surface area contributed by atoms with E-state index in [1.807, 2.05) is 0 Å². The molecule has 0 bridgehead atoms. The van der Waals surface area contributed by atoms with Crippen LogP contribution in [-0.4, -0.2) is 48.8 Å². The third kappa shape index (κ3) is 3.76. The van der Waals surface area contributed by atoms with Crippen molar-refractivity contribution >= 4 is 5.91 Å². The van der Waals surface area contributed by atoms with Gasteiger partial charge in [0.2, 0.25) is 5.91 Å². The normalized spacial score (nSPS) is 21.9. The number of rotatable bonds is 7. The second-order valence-corrected chi connectivity index (χ2v) is 5.14. The lowest BCUT2D eigenvalue weighted by molar-refractivity contribution is -0.136. The first-order chi connectivity index (χ1) is 7.66. The van der Waals surface area contributed by atoms with Crippen LogP contribution in [0.15, 0.2) is 0 Å². The van der Waals surface area contributed by atoms with Gasteiger partial charge in [-0.3, -0.25) is 4.79 Å². The standard InChI is InChI=1S/C12H21NO3/c1-13(6-11(14)10-4-5-10)12(15)8-16-7-9-2-3-9/h9-11,14H,2-8H2,1H3. The second-order valence-electron chi connectivity index (χ2n) is 5.14. The predicted molar refractivity (Wildman–Crippen MR) is 59.9 cm³/mol. The van der Waals surface area contributed by atoms with E-state index in [9.17, 15) is 9.90 Å². The van der Waals surface area contributed by atoms with Crippen LogP contribution in [0.5, 0.6) is 0 Å². The first kappa shape index (κ1) is 11.9. The molecule has 1 amide bonds. The number of carbonyl (C=O) groups excluding carboxylic acids is 1. The molecule has 2 aliphatic carbocycles. The molecule has 1 N–H and O–H groups in total. The number of carbonyl (C=O) groups is 1. The summed E-state index contributed by atoms with van der Waals surface area (Å²) in [6.45, 7) is 1.31. The molecular weight excluding hydrogens is 206 g/mol. The van der Waals surface area contributed by atoms with Crippen LogP contribution in [0.4, 0.5) is 0 Å². The highest BCUT2D eigenvalue weighted by atomic mass is 16.5. The van der Waals surface area contributed by atoms with E-state index >= 15 is 0 Å². The fourth-order valence-corrected chi connectivity index (χ4v) is 1.72. The van der Waals surface area contributed by atoms with Gasteiger partial charge in [-0.05, 0) is 37.5 Å². The van der Waals surface area contributed by atoms with E-state index in [2.05, 4.69) is 0 Å². The van der Waals surface area contributed by atoms with Crippen LogP contribution in [0.1, 0.15) is 25.7 Å². The van der Waals surface area contributed by atoms with E-state index < -0.39 is 0 Å². The summed E-state index contributed by atoms with van der Waals surface area (Å²) in [7, 11) is 1.73. The van der Waals surface area contributed by atoms with Gasteiger partial charge in [0.05, 0.1) is 12.7 Å². The van der Waals surface area contributed by atoms with Gasteiger partial charge in [0.15, 0.2) is 0 Å². The van der Waals surface area contributed by atoms with Gasteiger partial charge in [-0.1, -0.05) is 0 Å². The van der Waals surface area contributed by atoms with Crippen LogP contribution in [0, 0.1) is 11.8 Å². The number of hydrogen-bond donors (Lipinski definition) is 1. The van der Waals surface area contributed by atoms with Crippen LogP contribution in [0.2, 0.25) is 0 Å². The maximum atomic E-state index is 11.6. The Labute approximate surface area is 96.6 Å². The zero-order valence-electron chi connectivity index (χ0n) is 9.89. The smallest absolute Gasteiger partial charge is 0.248 e. The summed E-state index contributed by atoms with van der Waals surface area (Å²) in [6.07, 6.45) is 4.33. The highest BCUT2D eigenvalue weighted by Gasteiger charge is 2.31. The average Bonchev–Trinajstić information content (AvgIpc) is 3.10. The third-order valence-electron chi connectivity index (χ3n) is 3.33. The fourth-order valence-electron chi connectivity index (χ4n) is 1.72. The molecular formula is C12H21NO3. The monoisotopic (exact) mass is 227 g/mol. The van der Waals surface area contributed by atoms with E-state index in [0.717, 1.165) is 12.8 Å². The van der Waals surface area contributed by atoms with Crippen molar-refractivity contribution in [1.29, 1.82) is 0 Å². The van der Waals surface area contributed by atoms with Crippen molar-refractivity contribution < 1.29 is 14.6 Å². The van der Waals surface area contributed by atoms with Crippen LogP contribution >= 0.6 is 0 Å². The molecule has 1 unspecified atom stereocenters. The summed E-state index contributed by atoms with van der Waals surface area (Å²) in [5.41, 5.74) is 0. The first-order valence-corrected chi connectivity index (χ1v) is 6.16. The van der Waals surface area contributed by atoms with Gasteiger partial charge in [-0.2, -0.15) is 0 Å². The van der Waals surface area contributed by atoms with Gasteiger partial charge >= 0.3 is 0 Å². The third-order valence-corrected chi connectivity index (χ3v) is 3.33. The summed E-state index contributed by atoms with van der Waals surface area (Å²) in [4.78, 5) is 13.2. The van der Waals surface area contributed by atoms with E-state index in [1.54, 1.807) is 11.9 Å². The molecule has 2 rings (SSSR count). The van der Waals surface area contributed by atoms with Gasteiger partial charge in [-0.25, -0.2) is 0 Å². The summed E-state index contributed by atoms with van der Waals surface area (Å²) >= 11 is 0. The maximum Gasteiger partial charge on any atom is 0.248 e. The summed E-state index contributed by atoms with van der Waals surface area (Å²) < 4.78 is 5.33. The van der Waals surface area contributed by atoms with Crippen molar-refractivity contribution in [2.24, 2.45) is 11.8 Å². The topological polar surface area (TPSA) is 49.8 Å². The molecule has 0 saturated heterocycles. The van der Waals surface area contributed by atoms with Gasteiger partial charge in [0.25, 0.3) is 0 Å². The summed E-state index contributed by atoms with van der Waals surface area (Å²) in [5, 5.41) is 9.70. The molecule has 0 radical (unpaired) electrons. The molecule has 0 aromatic carbocycles. The van der Waals surface area contributed by atoms with E-state index in [4.69, 9.17) is 4.74 Å². The Morgan fingerprint density at radius 3 is 2.69 bits per heavy atom. The van der Waals surface area contributed by atoms with Crippen molar-refractivity contribution in [3.05, 3.63) is 0 Å². The van der Waals surface area contributed by atoms with Crippen molar-refractivity contribution in [2.75, 3.05) is 26.8 Å². The van der Waals surface area contributed by atoms with E-state index in [0.29, 0.717) is 25.0 Å². The van der Waals surface area contributed by atoms with Gasteiger partial charge in [0, 0.05) is 13.6 Å². The number of likely N-dealkylation sites (N-methyl/N-ethyl adjacent to an activating group) is 1. The molecule has 16 heavy (non-hydrogen) atoms. The van der Waals surface area contributed by atoms with Gasteiger partial charge in [-0.15, -0.1) is 0 Å². The highest BCUT2D eigenvalue weighted by Crippen LogP contribution is 2.32. The Morgan fingerprint density at radius 1 is 1.44 bits per heavy atom. The Hall–Kier alpha value is -0.610. The summed E-state index contributed by atoms with van der Waals surface area (Å²) in [5.74, 6) is 1.08. The minimum atomic E-state index is -0.350. The Bertz CT molecular complexity index is 249. The van der Waals surface area contributed by atoms with Crippen molar-refractivity contribution in [3.63, 3.8) is 0 Å². The number of aliphatic hydroxyl groups excluding tert-OH is 1. The number of amides is 1. The number of hydrogen-bond acceptors (Lipinski definition) is 3. The lowest BCUT2D eigenvalue weighted by atomic mass is 10.2. The van der Waals surface area contributed by atoms with Crippen LogP contribution in [0.3, 0.4) is 0 Å². The second kappa shape index (κ2) is 5.15. The molecule has 4 nitrogen and oxygen atoms in total. The minimum Gasteiger partial charge on any atom is -0.391 e. The molecule has 4 heteroatoms. The van der Waals surface area contributed by atoms with Crippen LogP contribution < -0.4 is 0 Å². The van der Waals surface area contributed by atoms with Crippen molar-refractivity contribution in [3.8, 4) is 0 Å². The first-order valence-electron chi connectivity index (χ1n) is 6.16. The molecule has 1 atom stereocenters. The number of nitrogens with zero attached hydrogens (tertiary/aromatic N) is 1. The zero-order chi connectivity index (χ0) is 11.5. The SMILES string of the molecule is CN(CC(O)C1CC1)C(=O)COCC1CC1. The molecule has 0 aromatic heterocycles. The zero-order valence-corrected chi connectivity index (χ0v) is 9.89. The van der Waals surface area contributed by atoms with Gasteiger partial charge in [0.1, 0.15) is 6.61 Å². The van der Waals surface area contributed by atoms with Crippen molar-refractivity contribution in [2.45, 2.75) is 31.8 Å². The molecule has 2 fully saturated rings. The van der Waals surface area contributed by atoms with Crippen LogP contribution in [-0.2, 0) is 9.53 Å². The minimum absolute atomic E-state index is 0.0275. The highest BCUT2D eigenvalue weighted by molar-refractivity contribution is 5.77. The maximum absolute atomic E-state index is 11.6. The Morgan fingerprint density at radius 2 is 2.12 bits per heavy atom. The van der Waals surface area contributed by atoms with Gasteiger partial charge < -0.3 is 14.7 Å². The molecule has 0 aromatic rings. The predicted octanol–water partition coefficient (Wildman–Crippen LogP) is 0.642. The Kier molecular flexibility index (Phi) is 3.82.